The summed E-state index contributed by atoms with van der Waals surface area (Å²) in [5, 5.41) is 10.5. The number of anilines is 1. The van der Waals surface area contributed by atoms with E-state index in [1.807, 2.05) is 12.1 Å². The van der Waals surface area contributed by atoms with Crippen molar-refractivity contribution in [1.82, 2.24) is 25.1 Å². The number of methoxy groups -OCH3 is 1. The molecule has 0 aliphatic carbocycles. The number of hydrogen-bond donors (Lipinski definition) is 3. The maximum absolute atomic E-state index is 14.9. The van der Waals surface area contributed by atoms with E-state index in [1.54, 1.807) is 37.3 Å². The molecule has 9 nitrogen and oxygen atoms in total. The van der Waals surface area contributed by atoms with E-state index in [1.165, 1.54) is 13.2 Å². The highest BCUT2D eigenvalue weighted by atomic mass is 19.1. The molecule has 0 spiro atoms. The lowest BCUT2D eigenvalue weighted by Crippen LogP contribution is -2.11. The number of imidazole rings is 1. The van der Waals surface area contributed by atoms with E-state index in [4.69, 9.17) is 0 Å². The van der Waals surface area contributed by atoms with Crippen molar-refractivity contribution in [2.45, 2.75) is 13.3 Å². The Bertz CT molecular complexity index is 1620. The number of halogens is 1. The first-order chi connectivity index (χ1) is 16.4. The third-order valence-corrected chi connectivity index (χ3v) is 5.54. The van der Waals surface area contributed by atoms with Gasteiger partial charge in [-0.2, -0.15) is 10.1 Å². The molecular weight excluding hydrogens is 439 g/mol. The average molecular weight is 458 g/mol. The number of aromatic amines is 2. The number of carbonyl (C=O) groups is 1. The number of carbonyl (C=O) groups excluding carboxylic acids is 1. The lowest BCUT2D eigenvalue weighted by Gasteiger charge is -2.10. The summed E-state index contributed by atoms with van der Waals surface area (Å²) in [5.74, 6) is -0.226. The Kier molecular flexibility index (Phi) is 5.25. The van der Waals surface area contributed by atoms with Crippen LogP contribution >= 0.6 is 0 Å². The molecule has 2 aromatic carbocycles. The van der Waals surface area contributed by atoms with E-state index >= 15 is 0 Å². The van der Waals surface area contributed by atoms with Gasteiger partial charge in [-0.25, -0.2) is 19.3 Å². The summed E-state index contributed by atoms with van der Waals surface area (Å²) < 4.78 is 19.5. The molecule has 0 saturated heterocycles. The number of pyridine rings is 1. The lowest BCUT2D eigenvalue weighted by molar-refractivity contribution is 0.186. The monoisotopic (exact) mass is 458 g/mol. The SMILES string of the molecule is COC(=O)Nc1nc2nc(C)c(-c3cc(Cc4n[nH]c(=O)c5ccccc45)ccc3F)cc2[nH]1. The van der Waals surface area contributed by atoms with Crippen molar-refractivity contribution in [1.29, 1.82) is 0 Å². The molecule has 3 aromatic heterocycles. The second-order valence-corrected chi connectivity index (χ2v) is 7.73. The maximum Gasteiger partial charge on any atom is 0.413 e. The first-order valence-electron chi connectivity index (χ1n) is 10.4. The molecule has 0 aliphatic rings. The molecule has 3 heterocycles. The Morgan fingerprint density at radius 1 is 1.09 bits per heavy atom. The van der Waals surface area contributed by atoms with Gasteiger partial charge in [0.1, 0.15) is 5.82 Å². The standard InChI is InChI=1S/C24H19FN6O3/c1-12-16(11-20-21(26-12)28-23(27-20)29-24(33)34-2)17-9-13(7-8-18(17)25)10-19-14-5-3-4-6-15(14)22(32)31-30-19/h3-9,11H,10H2,1-2H3,(H,31,32)(H2,26,27,28,29,33). The van der Waals surface area contributed by atoms with Crippen LogP contribution in [0.25, 0.3) is 33.1 Å². The van der Waals surface area contributed by atoms with Crippen LogP contribution in [0.4, 0.5) is 15.1 Å². The highest BCUT2D eigenvalue weighted by Gasteiger charge is 2.15. The van der Waals surface area contributed by atoms with Crippen molar-refractivity contribution < 1.29 is 13.9 Å². The van der Waals surface area contributed by atoms with Crippen LogP contribution in [0, 0.1) is 12.7 Å². The summed E-state index contributed by atoms with van der Waals surface area (Å²) >= 11 is 0. The summed E-state index contributed by atoms with van der Waals surface area (Å²) in [4.78, 5) is 35.2. The lowest BCUT2D eigenvalue weighted by atomic mass is 9.98. The third kappa shape index (κ3) is 3.85. The molecule has 0 bridgehead atoms. The fourth-order valence-electron chi connectivity index (χ4n) is 3.90. The van der Waals surface area contributed by atoms with E-state index in [-0.39, 0.29) is 11.5 Å². The number of nitrogens with zero attached hydrogens (tertiary/aromatic N) is 3. The van der Waals surface area contributed by atoms with Gasteiger partial charge in [-0.1, -0.05) is 24.3 Å². The van der Waals surface area contributed by atoms with Crippen LogP contribution in [0.5, 0.6) is 0 Å². The van der Waals surface area contributed by atoms with Gasteiger partial charge in [0.2, 0.25) is 5.95 Å². The first-order valence-corrected chi connectivity index (χ1v) is 10.4. The van der Waals surface area contributed by atoms with Gasteiger partial charge in [-0.15, -0.1) is 0 Å². The Labute approximate surface area is 192 Å². The van der Waals surface area contributed by atoms with Crippen LogP contribution in [0.1, 0.15) is 17.0 Å². The van der Waals surface area contributed by atoms with Gasteiger partial charge < -0.3 is 9.72 Å². The predicted octanol–water partition coefficient (Wildman–Crippen LogP) is 4.08. The number of aromatic nitrogens is 5. The number of amides is 1. The predicted molar refractivity (Wildman–Crippen MR) is 125 cm³/mol. The van der Waals surface area contributed by atoms with Crippen molar-refractivity contribution in [3.63, 3.8) is 0 Å². The van der Waals surface area contributed by atoms with E-state index in [0.717, 1.165) is 10.9 Å². The van der Waals surface area contributed by atoms with E-state index in [2.05, 4.69) is 35.2 Å². The van der Waals surface area contributed by atoms with Gasteiger partial charge in [-0.3, -0.25) is 10.1 Å². The second kappa shape index (κ2) is 8.39. The minimum atomic E-state index is -0.668. The number of aryl methyl sites for hydroxylation is 1. The highest BCUT2D eigenvalue weighted by molar-refractivity contribution is 5.87. The molecule has 0 unspecified atom stereocenters. The van der Waals surface area contributed by atoms with E-state index in [0.29, 0.717) is 45.5 Å². The topological polar surface area (TPSA) is 126 Å². The third-order valence-electron chi connectivity index (χ3n) is 5.54. The van der Waals surface area contributed by atoms with Crippen LogP contribution in [0.15, 0.2) is 53.3 Å². The summed E-state index contributed by atoms with van der Waals surface area (Å²) in [6.45, 7) is 1.76. The van der Waals surface area contributed by atoms with Crippen LogP contribution < -0.4 is 10.9 Å². The molecule has 0 saturated carbocycles. The van der Waals surface area contributed by atoms with Crippen molar-refractivity contribution >= 4 is 34.0 Å². The van der Waals surface area contributed by atoms with Crippen molar-refractivity contribution in [3.05, 3.63) is 81.7 Å². The van der Waals surface area contributed by atoms with Crippen LogP contribution in [0.2, 0.25) is 0 Å². The Morgan fingerprint density at radius 2 is 1.88 bits per heavy atom. The number of hydrogen-bond acceptors (Lipinski definition) is 6. The fourth-order valence-corrected chi connectivity index (χ4v) is 3.90. The smallest absolute Gasteiger partial charge is 0.413 e. The van der Waals surface area contributed by atoms with Crippen LogP contribution in [-0.4, -0.2) is 38.4 Å². The maximum atomic E-state index is 14.9. The Hall–Kier alpha value is -4.60. The minimum Gasteiger partial charge on any atom is -0.453 e. The molecule has 170 valence electrons. The molecule has 0 atom stereocenters. The van der Waals surface area contributed by atoms with Crippen LogP contribution in [-0.2, 0) is 11.2 Å². The normalized spacial score (nSPS) is 11.1. The van der Waals surface area contributed by atoms with Crippen molar-refractivity contribution in [2.24, 2.45) is 0 Å². The molecular formula is C24H19FN6O3. The second-order valence-electron chi connectivity index (χ2n) is 7.73. The van der Waals surface area contributed by atoms with Crippen molar-refractivity contribution in [3.8, 4) is 11.1 Å². The highest BCUT2D eigenvalue weighted by Crippen LogP contribution is 2.30. The molecule has 0 fully saturated rings. The molecule has 34 heavy (non-hydrogen) atoms. The molecule has 5 aromatic rings. The summed E-state index contributed by atoms with van der Waals surface area (Å²) in [6.07, 6.45) is -0.269. The summed E-state index contributed by atoms with van der Waals surface area (Å²) in [7, 11) is 1.25. The van der Waals surface area contributed by atoms with Gasteiger partial charge in [0, 0.05) is 28.6 Å². The Balaban J connectivity index is 1.54. The first kappa shape index (κ1) is 21.3. The minimum absolute atomic E-state index is 0.177. The number of ether oxygens (including phenoxy) is 1. The number of benzene rings is 2. The van der Waals surface area contributed by atoms with Crippen LogP contribution in [0.3, 0.4) is 0 Å². The number of rotatable bonds is 4. The molecule has 3 N–H and O–H groups in total. The zero-order valence-electron chi connectivity index (χ0n) is 18.3. The van der Waals surface area contributed by atoms with Gasteiger partial charge in [0.25, 0.3) is 5.56 Å². The van der Waals surface area contributed by atoms with Crippen molar-refractivity contribution in [2.75, 3.05) is 12.4 Å². The van der Waals surface area contributed by atoms with Gasteiger partial charge >= 0.3 is 6.09 Å². The zero-order valence-corrected chi connectivity index (χ0v) is 18.3. The van der Waals surface area contributed by atoms with Gasteiger partial charge in [0.05, 0.1) is 23.7 Å². The molecule has 5 rings (SSSR count). The Morgan fingerprint density at radius 3 is 2.68 bits per heavy atom. The molecule has 0 radical (unpaired) electrons. The van der Waals surface area contributed by atoms with E-state index in [9.17, 15) is 14.0 Å². The summed E-state index contributed by atoms with van der Waals surface area (Å²) in [5.41, 5.74) is 3.69. The van der Waals surface area contributed by atoms with Gasteiger partial charge in [0.15, 0.2) is 5.65 Å². The summed E-state index contributed by atoms with van der Waals surface area (Å²) in [6, 6.07) is 13.8. The molecule has 10 heteroatoms. The average Bonchev–Trinajstić information content (AvgIpc) is 3.22. The largest absolute Gasteiger partial charge is 0.453 e. The van der Waals surface area contributed by atoms with Gasteiger partial charge in [-0.05, 0) is 36.8 Å². The number of nitrogens with one attached hydrogen (secondary N) is 3. The molecule has 1 amide bonds. The zero-order chi connectivity index (χ0) is 23.8. The number of fused-ring (bicyclic) bond motifs is 2. The number of H-pyrrole nitrogens is 2. The molecule has 0 aliphatic heterocycles. The fraction of sp³-hybridized carbons (Fsp3) is 0.125. The van der Waals surface area contributed by atoms with E-state index < -0.39 is 11.9 Å². The quantitative estimate of drug-likeness (QED) is 0.373.